The topological polar surface area (TPSA) is 83.1 Å². The maximum atomic E-state index is 12.8. The van der Waals surface area contributed by atoms with Crippen LogP contribution in [0.4, 0.5) is 5.69 Å². The first-order chi connectivity index (χ1) is 13.6. The van der Waals surface area contributed by atoms with Gasteiger partial charge < -0.3 is 10.6 Å². The Kier molecular flexibility index (Phi) is 7.19. The molecule has 1 aliphatic rings. The van der Waals surface area contributed by atoms with Crippen molar-refractivity contribution >= 4 is 21.6 Å². The van der Waals surface area contributed by atoms with Crippen LogP contribution in [0.25, 0.3) is 0 Å². The van der Waals surface area contributed by atoms with Crippen LogP contribution in [-0.2, 0) is 21.4 Å². The van der Waals surface area contributed by atoms with Crippen LogP contribution in [-0.4, -0.2) is 38.3 Å². The number of nitrogens with one attached hydrogen (secondary N) is 1. The van der Waals surface area contributed by atoms with E-state index in [1.807, 2.05) is 35.6 Å². The van der Waals surface area contributed by atoms with Crippen molar-refractivity contribution in [3.8, 4) is 0 Å². The highest BCUT2D eigenvalue weighted by Gasteiger charge is 2.24. The second kappa shape index (κ2) is 9.82. The minimum atomic E-state index is -3.46. The number of sulfonamides is 1. The Morgan fingerprint density at radius 3 is 2.21 bits per heavy atom. The molecular formula is C21H28N3O3S+. The summed E-state index contributed by atoms with van der Waals surface area (Å²) in [7, 11) is -3.46. The monoisotopic (exact) mass is 402 g/mol. The number of amides is 1. The summed E-state index contributed by atoms with van der Waals surface area (Å²) in [5.41, 5.74) is 1.77. The Hall–Kier alpha value is -2.22. The quantitative estimate of drug-likeness (QED) is 0.743. The molecule has 0 unspecified atom stereocenters. The van der Waals surface area contributed by atoms with Gasteiger partial charge in [0.05, 0.1) is 4.90 Å². The smallest absolute Gasteiger partial charge is 0.279 e. The number of anilines is 1. The summed E-state index contributed by atoms with van der Waals surface area (Å²) in [6.45, 7) is 2.21. The molecular weight excluding hydrogens is 374 g/mol. The van der Waals surface area contributed by atoms with E-state index < -0.39 is 10.0 Å². The average Bonchev–Trinajstić information content (AvgIpc) is 2.99. The molecule has 150 valence electrons. The number of hydrogen-bond acceptors (Lipinski definition) is 3. The molecule has 0 saturated carbocycles. The van der Waals surface area contributed by atoms with Crippen LogP contribution in [0.2, 0.25) is 0 Å². The highest BCUT2D eigenvalue weighted by atomic mass is 32.2. The van der Waals surface area contributed by atoms with Gasteiger partial charge in [-0.1, -0.05) is 43.2 Å². The van der Waals surface area contributed by atoms with Gasteiger partial charge in [0.25, 0.3) is 5.91 Å². The van der Waals surface area contributed by atoms with E-state index in [-0.39, 0.29) is 10.8 Å². The minimum absolute atomic E-state index is 0.112. The van der Waals surface area contributed by atoms with Gasteiger partial charge in [0.15, 0.2) is 6.54 Å². The largest absolute Gasteiger partial charge is 0.335 e. The molecule has 0 spiro atoms. The fourth-order valence-corrected chi connectivity index (χ4v) is 4.85. The molecule has 7 heteroatoms. The standard InChI is InChI=1S/C21H27N3O3S/c25-21(17-22-16-18-8-4-3-5-9-18)23-19-10-12-20(13-11-19)28(26,27)24-14-6-1-2-7-15-24/h3-5,8-13,22H,1-2,6-7,14-17H2,(H,23,25)/p+1. The first-order valence-corrected chi connectivity index (χ1v) is 11.3. The maximum Gasteiger partial charge on any atom is 0.279 e. The summed E-state index contributed by atoms with van der Waals surface area (Å²) < 4.78 is 27.1. The maximum absolute atomic E-state index is 12.8. The molecule has 1 heterocycles. The van der Waals surface area contributed by atoms with Gasteiger partial charge in [-0.3, -0.25) is 4.79 Å². The van der Waals surface area contributed by atoms with Gasteiger partial charge in [-0.15, -0.1) is 0 Å². The first-order valence-electron chi connectivity index (χ1n) is 9.81. The van der Waals surface area contributed by atoms with E-state index in [0.29, 0.717) is 25.3 Å². The van der Waals surface area contributed by atoms with Crippen molar-refractivity contribution in [3.63, 3.8) is 0 Å². The van der Waals surface area contributed by atoms with E-state index in [1.54, 1.807) is 28.6 Å². The Balaban J connectivity index is 1.52. The number of nitrogens with two attached hydrogens (primary N) is 1. The zero-order chi connectivity index (χ0) is 19.8. The molecule has 1 amide bonds. The third kappa shape index (κ3) is 5.64. The van der Waals surface area contributed by atoms with E-state index in [2.05, 4.69) is 5.32 Å². The third-order valence-corrected chi connectivity index (χ3v) is 6.81. The van der Waals surface area contributed by atoms with E-state index in [9.17, 15) is 13.2 Å². The fourth-order valence-electron chi connectivity index (χ4n) is 3.34. The lowest BCUT2D eigenvalue weighted by Crippen LogP contribution is -2.84. The van der Waals surface area contributed by atoms with Crippen LogP contribution in [0.3, 0.4) is 0 Å². The second-order valence-corrected chi connectivity index (χ2v) is 9.01. The number of carbonyl (C=O) groups excluding carboxylic acids is 1. The van der Waals surface area contributed by atoms with E-state index in [4.69, 9.17) is 0 Å². The molecule has 0 bridgehead atoms. The van der Waals surface area contributed by atoms with E-state index in [0.717, 1.165) is 32.2 Å². The predicted octanol–water partition coefficient (Wildman–Crippen LogP) is 1.95. The Labute approximate surface area is 167 Å². The molecule has 1 saturated heterocycles. The Morgan fingerprint density at radius 2 is 1.57 bits per heavy atom. The Morgan fingerprint density at radius 1 is 0.929 bits per heavy atom. The van der Waals surface area contributed by atoms with Gasteiger partial charge >= 0.3 is 0 Å². The van der Waals surface area contributed by atoms with Gasteiger partial charge in [0, 0.05) is 24.3 Å². The molecule has 2 aromatic rings. The lowest BCUT2D eigenvalue weighted by molar-refractivity contribution is -0.659. The lowest BCUT2D eigenvalue weighted by Gasteiger charge is -2.20. The number of rotatable bonds is 7. The van der Waals surface area contributed by atoms with Gasteiger partial charge in [0.1, 0.15) is 6.54 Å². The second-order valence-electron chi connectivity index (χ2n) is 7.07. The first kappa shape index (κ1) is 20.5. The van der Waals surface area contributed by atoms with Gasteiger partial charge in [0.2, 0.25) is 10.0 Å². The molecule has 0 atom stereocenters. The van der Waals surface area contributed by atoms with Crippen molar-refractivity contribution in [1.29, 1.82) is 0 Å². The van der Waals surface area contributed by atoms with Crippen LogP contribution >= 0.6 is 0 Å². The molecule has 0 aliphatic carbocycles. The van der Waals surface area contributed by atoms with E-state index in [1.165, 1.54) is 5.56 Å². The van der Waals surface area contributed by atoms with Crippen molar-refractivity contribution in [3.05, 3.63) is 60.2 Å². The highest BCUT2D eigenvalue weighted by molar-refractivity contribution is 7.89. The third-order valence-electron chi connectivity index (χ3n) is 4.89. The fraction of sp³-hybridized carbons (Fsp3) is 0.381. The number of quaternary nitrogens is 1. The molecule has 0 aromatic heterocycles. The van der Waals surface area contributed by atoms with Crippen LogP contribution in [0.5, 0.6) is 0 Å². The van der Waals surface area contributed by atoms with Gasteiger partial charge in [-0.2, -0.15) is 4.31 Å². The van der Waals surface area contributed by atoms with Crippen LogP contribution in [0.15, 0.2) is 59.5 Å². The van der Waals surface area contributed by atoms with Gasteiger partial charge in [-0.05, 0) is 37.1 Å². The summed E-state index contributed by atoms with van der Waals surface area (Å²) in [5, 5.41) is 4.75. The highest BCUT2D eigenvalue weighted by Crippen LogP contribution is 2.21. The average molecular weight is 403 g/mol. The van der Waals surface area contributed by atoms with Crippen molar-refractivity contribution in [1.82, 2.24) is 4.31 Å². The molecule has 28 heavy (non-hydrogen) atoms. The molecule has 0 radical (unpaired) electrons. The zero-order valence-electron chi connectivity index (χ0n) is 16.0. The van der Waals surface area contributed by atoms with Gasteiger partial charge in [-0.25, -0.2) is 8.42 Å². The number of hydrogen-bond donors (Lipinski definition) is 2. The molecule has 1 aliphatic heterocycles. The van der Waals surface area contributed by atoms with Crippen LogP contribution < -0.4 is 10.6 Å². The SMILES string of the molecule is O=C(C[NH2+]Cc1ccccc1)Nc1ccc(S(=O)(=O)N2CCCCCC2)cc1. The van der Waals surface area contributed by atoms with Crippen LogP contribution in [0.1, 0.15) is 31.2 Å². The molecule has 2 aromatic carbocycles. The minimum Gasteiger partial charge on any atom is -0.335 e. The zero-order valence-corrected chi connectivity index (χ0v) is 16.8. The predicted molar refractivity (Wildman–Crippen MR) is 109 cm³/mol. The van der Waals surface area contributed by atoms with Crippen LogP contribution in [0, 0.1) is 0 Å². The normalized spacial score (nSPS) is 15.7. The summed E-state index contributed by atoms with van der Waals surface area (Å²) in [6, 6.07) is 16.4. The van der Waals surface area contributed by atoms with Crippen molar-refractivity contribution in [2.75, 3.05) is 25.0 Å². The molecule has 6 nitrogen and oxygen atoms in total. The van der Waals surface area contributed by atoms with Crippen molar-refractivity contribution in [2.45, 2.75) is 37.1 Å². The molecule has 3 rings (SSSR count). The van der Waals surface area contributed by atoms with Crippen molar-refractivity contribution < 1.29 is 18.5 Å². The number of nitrogens with zero attached hydrogens (tertiary/aromatic N) is 1. The summed E-state index contributed by atoms with van der Waals surface area (Å²) >= 11 is 0. The summed E-state index contributed by atoms with van der Waals surface area (Å²) in [5.74, 6) is -0.112. The molecule has 3 N–H and O–H groups in total. The number of benzene rings is 2. The van der Waals surface area contributed by atoms with E-state index >= 15 is 0 Å². The van der Waals surface area contributed by atoms with Crippen molar-refractivity contribution in [2.24, 2.45) is 0 Å². The lowest BCUT2D eigenvalue weighted by atomic mass is 10.2. The Bertz CT molecular complexity index is 860. The number of carbonyl (C=O) groups is 1. The molecule has 1 fully saturated rings. The summed E-state index contributed by atoms with van der Waals surface area (Å²) in [6.07, 6.45) is 3.98. The summed E-state index contributed by atoms with van der Waals surface area (Å²) in [4.78, 5) is 12.4.